The Morgan fingerprint density at radius 1 is 1.20 bits per heavy atom. The SMILES string of the molecule is COCCCNC(C)C(O)c1ccc(OC)cc1OC. The molecule has 0 aromatic heterocycles. The number of hydrogen-bond donors (Lipinski definition) is 2. The minimum atomic E-state index is -0.640. The summed E-state index contributed by atoms with van der Waals surface area (Å²) in [6.45, 7) is 3.45. The van der Waals surface area contributed by atoms with Gasteiger partial charge in [0, 0.05) is 31.4 Å². The van der Waals surface area contributed by atoms with Gasteiger partial charge in [-0.2, -0.15) is 0 Å². The number of nitrogens with one attached hydrogen (secondary N) is 1. The first kappa shape index (κ1) is 16.8. The van der Waals surface area contributed by atoms with Gasteiger partial charge in [-0.3, -0.25) is 0 Å². The Kier molecular flexibility index (Phi) is 7.36. The summed E-state index contributed by atoms with van der Waals surface area (Å²) in [7, 11) is 4.87. The number of benzene rings is 1. The van der Waals surface area contributed by atoms with Crippen LogP contribution < -0.4 is 14.8 Å². The molecule has 20 heavy (non-hydrogen) atoms. The van der Waals surface area contributed by atoms with Crippen molar-refractivity contribution < 1.29 is 19.3 Å². The lowest BCUT2D eigenvalue weighted by molar-refractivity contribution is 0.129. The Hall–Kier alpha value is -1.30. The molecule has 0 spiro atoms. The van der Waals surface area contributed by atoms with E-state index in [1.807, 2.05) is 19.1 Å². The third-order valence-electron chi connectivity index (χ3n) is 3.22. The number of aliphatic hydroxyl groups is 1. The van der Waals surface area contributed by atoms with E-state index >= 15 is 0 Å². The number of ether oxygens (including phenoxy) is 3. The van der Waals surface area contributed by atoms with Crippen molar-refractivity contribution >= 4 is 0 Å². The zero-order chi connectivity index (χ0) is 15.0. The fraction of sp³-hybridized carbons (Fsp3) is 0.600. The van der Waals surface area contributed by atoms with Gasteiger partial charge in [-0.25, -0.2) is 0 Å². The summed E-state index contributed by atoms with van der Waals surface area (Å²) in [5.74, 6) is 1.33. The smallest absolute Gasteiger partial charge is 0.128 e. The van der Waals surface area contributed by atoms with Gasteiger partial charge in [0.15, 0.2) is 0 Å². The van der Waals surface area contributed by atoms with E-state index in [2.05, 4.69) is 5.32 Å². The molecule has 0 radical (unpaired) electrons. The van der Waals surface area contributed by atoms with Gasteiger partial charge in [0.25, 0.3) is 0 Å². The molecule has 0 saturated heterocycles. The van der Waals surface area contributed by atoms with Crippen molar-refractivity contribution in [2.45, 2.75) is 25.5 Å². The summed E-state index contributed by atoms with van der Waals surface area (Å²) in [5.41, 5.74) is 0.750. The molecule has 0 bridgehead atoms. The molecule has 0 amide bonds. The van der Waals surface area contributed by atoms with Crippen LogP contribution in [0.3, 0.4) is 0 Å². The van der Waals surface area contributed by atoms with E-state index in [1.54, 1.807) is 27.4 Å². The Morgan fingerprint density at radius 3 is 2.55 bits per heavy atom. The van der Waals surface area contributed by atoms with Crippen LogP contribution in [0.15, 0.2) is 18.2 Å². The van der Waals surface area contributed by atoms with Gasteiger partial charge in [-0.15, -0.1) is 0 Å². The molecule has 0 fully saturated rings. The average molecular weight is 283 g/mol. The van der Waals surface area contributed by atoms with Crippen molar-refractivity contribution in [3.05, 3.63) is 23.8 Å². The van der Waals surface area contributed by atoms with E-state index in [9.17, 15) is 5.11 Å². The van der Waals surface area contributed by atoms with Crippen LogP contribution >= 0.6 is 0 Å². The van der Waals surface area contributed by atoms with Crippen LogP contribution in [0.5, 0.6) is 11.5 Å². The third kappa shape index (κ3) is 4.67. The molecule has 2 N–H and O–H groups in total. The molecule has 1 aromatic rings. The van der Waals surface area contributed by atoms with Crippen LogP contribution in [0.2, 0.25) is 0 Å². The number of methoxy groups -OCH3 is 3. The zero-order valence-electron chi connectivity index (χ0n) is 12.7. The van der Waals surface area contributed by atoms with Crippen LogP contribution in [0.25, 0.3) is 0 Å². The summed E-state index contributed by atoms with van der Waals surface area (Å²) < 4.78 is 15.5. The molecular formula is C15H25NO4. The average Bonchev–Trinajstić information content (AvgIpc) is 2.49. The lowest BCUT2D eigenvalue weighted by Crippen LogP contribution is -2.33. The van der Waals surface area contributed by atoms with Crippen LogP contribution in [-0.2, 0) is 4.74 Å². The third-order valence-corrected chi connectivity index (χ3v) is 3.22. The highest BCUT2D eigenvalue weighted by molar-refractivity contribution is 5.42. The standard InChI is InChI=1S/C15H25NO4/c1-11(16-8-5-9-18-2)15(17)13-7-6-12(19-3)10-14(13)20-4/h6-7,10-11,15-17H,5,8-9H2,1-4H3. The normalized spacial score (nSPS) is 13.8. The van der Waals surface area contributed by atoms with E-state index in [0.29, 0.717) is 18.1 Å². The van der Waals surface area contributed by atoms with Crippen molar-refractivity contribution in [1.29, 1.82) is 0 Å². The lowest BCUT2D eigenvalue weighted by atomic mass is 10.0. The fourth-order valence-electron chi connectivity index (χ4n) is 1.99. The lowest BCUT2D eigenvalue weighted by Gasteiger charge is -2.22. The van der Waals surface area contributed by atoms with Gasteiger partial charge in [-0.05, 0) is 32.0 Å². The second-order valence-electron chi connectivity index (χ2n) is 4.64. The van der Waals surface area contributed by atoms with Gasteiger partial charge < -0.3 is 24.6 Å². The van der Waals surface area contributed by atoms with Gasteiger partial charge in [0.2, 0.25) is 0 Å². The van der Waals surface area contributed by atoms with Crippen molar-refractivity contribution in [2.75, 3.05) is 34.5 Å². The van der Waals surface area contributed by atoms with Crippen LogP contribution in [0.1, 0.15) is 25.0 Å². The molecule has 2 unspecified atom stereocenters. The van der Waals surface area contributed by atoms with E-state index in [0.717, 1.165) is 18.5 Å². The van der Waals surface area contributed by atoms with Crippen molar-refractivity contribution in [3.8, 4) is 11.5 Å². The first-order valence-electron chi connectivity index (χ1n) is 6.76. The molecule has 5 heteroatoms. The molecule has 0 aliphatic heterocycles. The highest BCUT2D eigenvalue weighted by atomic mass is 16.5. The predicted octanol–water partition coefficient (Wildman–Crippen LogP) is 1.75. The maximum absolute atomic E-state index is 10.4. The van der Waals surface area contributed by atoms with Crippen LogP contribution in [0, 0.1) is 0 Å². The second-order valence-corrected chi connectivity index (χ2v) is 4.64. The Balaban J connectivity index is 2.67. The van der Waals surface area contributed by atoms with E-state index in [-0.39, 0.29) is 6.04 Å². The summed E-state index contributed by atoms with van der Waals surface area (Å²) in [5, 5.41) is 13.7. The zero-order valence-corrected chi connectivity index (χ0v) is 12.7. The minimum Gasteiger partial charge on any atom is -0.497 e. The predicted molar refractivity (Wildman–Crippen MR) is 78.5 cm³/mol. The number of hydrogen-bond acceptors (Lipinski definition) is 5. The van der Waals surface area contributed by atoms with E-state index in [4.69, 9.17) is 14.2 Å². The van der Waals surface area contributed by atoms with Gasteiger partial charge in [-0.1, -0.05) is 0 Å². The monoisotopic (exact) mass is 283 g/mol. The quantitative estimate of drug-likeness (QED) is 0.676. The molecular weight excluding hydrogens is 258 g/mol. The number of aliphatic hydroxyl groups excluding tert-OH is 1. The Bertz CT molecular complexity index is 397. The topological polar surface area (TPSA) is 60.0 Å². The van der Waals surface area contributed by atoms with Crippen LogP contribution in [-0.4, -0.2) is 45.6 Å². The van der Waals surface area contributed by atoms with Gasteiger partial charge in [0.1, 0.15) is 11.5 Å². The second kappa shape index (κ2) is 8.79. The molecule has 1 rings (SSSR count). The van der Waals surface area contributed by atoms with E-state index < -0.39 is 6.10 Å². The van der Waals surface area contributed by atoms with Crippen molar-refractivity contribution in [3.63, 3.8) is 0 Å². The largest absolute Gasteiger partial charge is 0.497 e. The fourth-order valence-corrected chi connectivity index (χ4v) is 1.99. The molecule has 2 atom stereocenters. The molecule has 0 aliphatic carbocycles. The maximum atomic E-state index is 10.4. The minimum absolute atomic E-state index is 0.0749. The summed E-state index contributed by atoms with van der Waals surface area (Å²) in [6, 6.07) is 5.35. The molecule has 0 saturated carbocycles. The van der Waals surface area contributed by atoms with Crippen molar-refractivity contribution in [1.82, 2.24) is 5.32 Å². The Labute approximate surface area is 120 Å². The van der Waals surface area contributed by atoms with Crippen molar-refractivity contribution in [2.24, 2.45) is 0 Å². The highest BCUT2D eigenvalue weighted by Crippen LogP contribution is 2.30. The van der Waals surface area contributed by atoms with Gasteiger partial charge >= 0.3 is 0 Å². The number of rotatable bonds is 9. The maximum Gasteiger partial charge on any atom is 0.128 e. The molecule has 0 heterocycles. The van der Waals surface area contributed by atoms with E-state index in [1.165, 1.54) is 0 Å². The molecule has 114 valence electrons. The molecule has 1 aromatic carbocycles. The van der Waals surface area contributed by atoms with Gasteiger partial charge in [0.05, 0.1) is 20.3 Å². The highest BCUT2D eigenvalue weighted by Gasteiger charge is 2.20. The summed E-state index contributed by atoms with van der Waals surface area (Å²) >= 11 is 0. The van der Waals surface area contributed by atoms with Crippen LogP contribution in [0.4, 0.5) is 0 Å². The first-order valence-corrected chi connectivity index (χ1v) is 6.76. The first-order chi connectivity index (χ1) is 9.63. The Morgan fingerprint density at radius 2 is 1.95 bits per heavy atom. The molecule has 5 nitrogen and oxygen atoms in total. The molecule has 0 aliphatic rings. The summed E-state index contributed by atoms with van der Waals surface area (Å²) in [4.78, 5) is 0. The summed E-state index contributed by atoms with van der Waals surface area (Å²) in [6.07, 6.45) is 0.270.